The molecule has 0 radical (unpaired) electrons. The topological polar surface area (TPSA) is 22.8 Å². The van der Waals surface area contributed by atoms with Crippen molar-refractivity contribution in [2.24, 2.45) is 0 Å². The van der Waals surface area contributed by atoms with E-state index in [0.717, 1.165) is 27.8 Å². The zero-order chi connectivity index (χ0) is 26.2. The predicted molar refractivity (Wildman–Crippen MR) is 168 cm³/mol. The summed E-state index contributed by atoms with van der Waals surface area (Å²) in [5, 5.41) is 8.67. The van der Waals surface area contributed by atoms with Crippen molar-refractivity contribution >= 4 is 65.3 Å². The van der Waals surface area contributed by atoms with Gasteiger partial charge in [-0.05, 0) is 65.4 Å². The van der Waals surface area contributed by atoms with Crippen molar-refractivity contribution in [3.8, 4) is 11.5 Å². The molecule has 0 N–H and O–H groups in total. The van der Waals surface area contributed by atoms with Crippen molar-refractivity contribution in [3.05, 3.63) is 140 Å². The third-order valence-corrected chi connectivity index (χ3v) is 8.28. The Labute approximate surface area is 230 Å². The Balaban J connectivity index is 1.43. The predicted octanol–water partition coefficient (Wildman–Crippen LogP) is 9.58. The van der Waals surface area contributed by atoms with Gasteiger partial charge in [0.1, 0.15) is 5.82 Å². The molecule has 3 aromatic heterocycles. The average Bonchev–Trinajstić information content (AvgIpc) is 3.53. The number of pyridine rings is 1. The smallest absolute Gasteiger partial charge is 0.138 e. The summed E-state index contributed by atoms with van der Waals surface area (Å²) >= 11 is 0. The molecule has 0 saturated carbocycles. The summed E-state index contributed by atoms with van der Waals surface area (Å²) in [5.74, 6) is 0.933. The number of para-hydroxylation sites is 3. The van der Waals surface area contributed by atoms with Crippen LogP contribution in [0.25, 0.3) is 76.8 Å². The van der Waals surface area contributed by atoms with E-state index in [4.69, 9.17) is 4.98 Å². The van der Waals surface area contributed by atoms with E-state index in [0.29, 0.717) is 0 Å². The van der Waals surface area contributed by atoms with E-state index in [2.05, 4.69) is 149 Å². The molecule has 0 saturated heterocycles. The van der Waals surface area contributed by atoms with E-state index in [1.807, 2.05) is 0 Å². The second kappa shape index (κ2) is 8.05. The second-order valence-corrected chi connectivity index (χ2v) is 10.5. The lowest BCUT2D eigenvalue weighted by atomic mass is 10.1. The van der Waals surface area contributed by atoms with E-state index in [9.17, 15) is 0 Å². The van der Waals surface area contributed by atoms with Gasteiger partial charge in [-0.3, -0.25) is 4.57 Å². The Morgan fingerprint density at radius 1 is 0.400 bits per heavy atom. The molecular weight excluding hydrogens is 486 g/mol. The lowest BCUT2D eigenvalue weighted by Crippen LogP contribution is -1.97. The Hall–Kier alpha value is -5.41. The third kappa shape index (κ3) is 2.92. The summed E-state index contributed by atoms with van der Waals surface area (Å²) in [7, 11) is 0. The van der Waals surface area contributed by atoms with Crippen molar-refractivity contribution in [2.75, 3.05) is 0 Å². The fraction of sp³-hybridized carbons (Fsp3) is 0. The van der Waals surface area contributed by atoms with Crippen molar-refractivity contribution < 1.29 is 0 Å². The fourth-order valence-electron chi connectivity index (χ4n) is 6.54. The van der Waals surface area contributed by atoms with Gasteiger partial charge in [-0.25, -0.2) is 4.98 Å². The standard InChI is InChI=1S/C37H23N3/c1-2-11-26-23-27(19-17-24(26)9-1)39-31-15-7-4-12-28(31)36-33(39)20-21-34-37(36)29-13-5-8-16-32(29)40(34)35-22-18-25-10-3-6-14-30(25)38-35/h1-23H. The largest absolute Gasteiger partial charge is 0.309 e. The maximum absolute atomic E-state index is 5.10. The van der Waals surface area contributed by atoms with Crippen LogP contribution < -0.4 is 0 Å². The van der Waals surface area contributed by atoms with E-state index in [1.165, 1.54) is 49.0 Å². The molecule has 9 rings (SSSR count). The molecule has 0 spiro atoms. The number of fused-ring (bicyclic) bond motifs is 9. The van der Waals surface area contributed by atoms with Crippen LogP contribution in [0.15, 0.2) is 140 Å². The van der Waals surface area contributed by atoms with Gasteiger partial charge in [0.15, 0.2) is 0 Å². The molecule has 0 unspecified atom stereocenters. The highest BCUT2D eigenvalue weighted by molar-refractivity contribution is 6.28. The van der Waals surface area contributed by atoms with Crippen molar-refractivity contribution in [1.29, 1.82) is 0 Å². The van der Waals surface area contributed by atoms with E-state index in [-0.39, 0.29) is 0 Å². The van der Waals surface area contributed by atoms with E-state index in [1.54, 1.807) is 0 Å². The number of hydrogen-bond acceptors (Lipinski definition) is 1. The lowest BCUT2D eigenvalue weighted by Gasteiger charge is -2.10. The minimum Gasteiger partial charge on any atom is -0.309 e. The molecule has 0 aliphatic rings. The summed E-state index contributed by atoms with van der Waals surface area (Å²) in [6, 6.07) is 50.0. The first-order chi connectivity index (χ1) is 19.8. The van der Waals surface area contributed by atoms with Crippen molar-refractivity contribution in [3.63, 3.8) is 0 Å². The van der Waals surface area contributed by atoms with Crippen molar-refractivity contribution in [1.82, 2.24) is 14.1 Å². The fourth-order valence-corrected chi connectivity index (χ4v) is 6.54. The molecule has 0 aliphatic carbocycles. The monoisotopic (exact) mass is 509 g/mol. The van der Waals surface area contributed by atoms with Gasteiger partial charge in [0.2, 0.25) is 0 Å². The van der Waals surface area contributed by atoms with Gasteiger partial charge in [0.05, 0.1) is 27.6 Å². The molecule has 186 valence electrons. The number of rotatable bonds is 2. The summed E-state index contributed by atoms with van der Waals surface area (Å²) in [6.45, 7) is 0. The molecule has 0 bridgehead atoms. The van der Waals surface area contributed by atoms with Crippen LogP contribution in [0.2, 0.25) is 0 Å². The number of hydrogen-bond donors (Lipinski definition) is 0. The summed E-state index contributed by atoms with van der Waals surface area (Å²) < 4.78 is 4.73. The molecule has 0 fully saturated rings. The lowest BCUT2D eigenvalue weighted by molar-refractivity contribution is 1.10. The van der Waals surface area contributed by atoms with Crippen molar-refractivity contribution in [2.45, 2.75) is 0 Å². The van der Waals surface area contributed by atoms with Crippen LogP contribution in [0, 0.1) is 0 Å². The molecule has 6 aromatic carbocycles. The van der Waals surface area contributed by atoms with Crippen LogP contribution in [0.1, 0.15) is 0 Å². The van der Waals surface area contributed by atoms with Gasteiger partial charge in [0, 0.05) is 32.6 Å². The Kier molecular flexibility index (Phi) is 4.33. The molecule has 3 heterocycles. The highest BCUT2D eigenvalue weighted by Crippen LogP contribution is 2.42. The highest BCUT2D eigenvalue weighted by atomic mass is 15.1. The number of nitrogens with zero attached hydrogens (tertiary/aromatic N) is 3. The summed E-state index contributed by atoms with van der Waals surface area (Å²) in [4.78, 5) is 5.10. The highest BCUT2D eigenvalue weighted by Gasteiger charge is 2.20. The average molecular weight is 510 g/mol. The first kappa shape index (κ1) is 21.5. The molecule has 3 heteroatoms. The maximum atomic E-state index is 5.10. The van der Waals surface area contributed by atoms with Crippen LogP contribution in [-0.2, 0) is 0 Å². The molecular formula is C37H23N3. The molecule has 9 aromatic rings. The summed E-state index contributed by atoms with van der Waals surface area (Å²) in [5.41, 5.74) is 6.91. The molecule has 40 heavy (non-hydrogen) atoms. The Morgan fingerprint density at radius 3 is 1.75 bits per heavy atom. The third-order valence-electron chi connectivity index (χ3n) is 8.28. The van der Waals surface area contributed by atoms with Gasteiger partial charge in [-0.15, -0.1) is 0 Å². The van der Waals surface area contributed by atoms with Crippen LogP contribution in [0.3, 0.4) is 0 Å². The van der Waals surface area contributed by atoms with Crippen LogP contribution in [0.5, 0.6) is 0 Å². The minimum atomic E-state index is 0.933. The van der Waals surface area contributed by atoms with E-state index >= 15 is 0 Å². The molecule has 0 amide bonds. The number of aromatic nitrogens is 3. The summed E-state index contributed by atoms with van der Waals surface area (Å²) in [6.07, 6.45) is 0. The molecule has 3 nitrogen and oxygen atoms in total. The number of benzene rings is 6. The van der Waals surface area contributed by atoms with Gasteiger partial charge >= 0.3 is 0 Å². The molecule has 0 aliphatic heterocycles. The van der Waals surface area contributed by atoms with Crippen LogP contribution >= 0.6 is 0 Å². The quantitative estimate of drug-likeness (QED) is 0.227. The SMILES string of the molecule is c1ccc2cc(-n3c4ccccc4c4c5c6ccccc6n(-c6ccc7ccccc7n6)c5ccc43)ccc2c1. The minimum absolute atomic E-state index is 0.933. The normalized spacial score (nSPS) is 12.0. The Bertz CT molecular complexity index is 2270. The Morgan fingerprint density at radius 2 is 0.975 bits per heavy atom. The van der Waals surface area contributed by atoms with Gasteiger partial charge < -0.3 is 4.57 Å². The van der Waals surface area contributed by atoms with Crippen LogP contribution in [-0.4, -0.2) is 14.1 Å². The van der Waals surface area contributed by atoms with Gasteiger partial charge in [-0.1, -0.05) is 84.9 Å². The zero-order valence-corrected chi connectivity index (χ0v) is 21.6. The first-order valence-corrected chi connectivity index (χ1v) is 13.7. The maximum Gasteiger partial charge on any atom is 0.138 e. The van der Waals surface area contributed by atoms with E-state index < -0.39 is 0 Å². The molecule has 0 atom stereocenters. The second-order valence-electron chi connectivity index (χ2n) is 10.5. The van der Waals surface area contributed by atoms with Crippen LogP contribution in [0.4, 0.5) is 0 Å². The van der Waals surface area contributed by atoms with Gasteiger partial charge in [0.25, 0.3) is 0 Å². The van der Waals surface area contributed by atoms with Gasteiger partial charge in [-0.2, -0.15) is 0 Å². The first-order valence-electron chi connectivity index (χ1n) is 13.7. The zero-order valence-electron chi connectivity index (χ0n) is 21.6.